The van der Waals surface area contributed by atoms with Gasteiger partial charge >= 0.3 is 5.97 Å². The van der Waals surface area contributed by atoms with Gasteiger partial charge in [0, 0.05) is 18.8 Å². The van der Waals surface area contributed by atoms with Crippen molar-refractivity contribution >= 4 is 38.9 Å². The summed E-state index contributed by atoms with van der Waals surface area (Å²) in [6.45, 7) is 1.09. The van der Waals surface area contributed by atoms with E-state index in [1.54, 1.807) is 29.2 Å². The summed E-state index contributed by atoms with van der Waals surface area (Å²) < 4.78 is 32.3. The van der Waals surface area contributed by atoms with Crippen LogP contribution in [0.5, 0.6) is 0 Å². The molecule has 1 aromatic carbocycles. The van der Waals surface area contributed by atoms with Crippen LogP contribution in [0, 0.1) is 0 Å². The van der Waals surface area contributed by atoms with E-state index in [4.69, 9.17) is 0 Å². The molecule has 0 atom stereocenters. The van der Waals surface area contributed by atoms with E-state index in [9.17, 15) is 23.1 Å². The number of piperidine rings is 1. The maximum absolute atomic E-state index is 12.6. The molecule has 2 N–H and O–H groups in total. The van der Waals surface area contributed by atoms with Crippen molar-refractivity contribution in [2.75, 3.05) is 24.9 Å². The van der Waals surface area contributed by atoms with Crippen molar-refractivity contribution in [3.8, 4) is 0 Å². The number of nitrogens with one attached hydrogen (secondary N) is 1. The summed E-state index contributed by atoms with van der Waals surface area (Å²) in [5, 5.41) is 11.0. The van der Waals surface area contributed by atoms with Gasteiger partial charge in [-0.15, -0.1) is 11.3 Å². The number of benzene rings is 1. The van der Waals surface area contributed by atoms with Gasteiger partial charge in [-0.05, 0) is 42.0 Å². The fourth-order valence-corrected chi connectivity index (χ4v) is 5.45. The van der Waals surface area contributed by atoms with E-state index in [-0.39, 0.29) is 28.2 Å². The molecule has 1 aliphatic heterocycles. The summed E-state index contributed by atoms with van der Waals surface area (Å²) in [5.41, 5.74) is 1.08. The topological polar surface area (TPSA) is 113 Å². The minimum atomic E-state index is -3.95. The van der Waals surface area contributed by atoms with Crippen LogP contribution in [0.1, 0.15) is 28.1 Å². The normalized spacial score (nSPS) is 15.2. The minimum Gasteiger partial charge on any atom is -0.465 e. The predicted octanol–water partition coefficient (Wildman–Crippen LogP) is 1.86. The molecule has 1 saturated heterocycles. The molecule has 156 valence electrons. The molecular weight excluding hydrogens is 416 g/mol. The number of nitrogens with zero attached hydrogens (tertiary/aromatic N) is 1. The Morgan fingerprint density at radius 3 is 2.48 bits per heavy atom. The van der Waals surface area contributed by atoms with Crippen LogP contribution in [0.4, 0.5) is 5.69 Å². The lowest BCUT2D eigenvalue weighted by molar-refractivity contribution is -0.132. The van der Waals surface area contributed by atoms with Gasteiger partial charge in [0.1, 0.15) is 9.77 Å². The molecule has 10 heteroatoms. The van der Waals surface area contributed by atoms with E-state index in [1.165, 1.54) is 18.6 Å². The minimum absolute atomic E-state index is 0.00821. The third-order valence-electron chi connectivity index (χ3n) is 4.67. The Bertz CT molecular complexity index is 976. The highest BCUT2D eigenvalue weighted by Gasteiger charge is 2.25. The number of hydrogen-bond acceptors (Lipinski definition) is 7. The van der Waals surface area contributed by atoms with Crippen molar-refractivity contribution in [1.82, 2.24) is 4.90 Å². The SMILES string of the molecule is COC(=O)c1sccc1S(=O)(=O)Nc1ccc(CC(=O)N2CCC(O)CC2)cc1. The quantitative estimate of drug-likeness (QED) is 0.666. The Morgan fingerprint density at radius 1 is 1.21 bits per heavy atom. The van der Waals surface area contributed by atoms with Crippen LogP contribution in [0.3, 0.4) is 0 Å². The molecule has 0 bridgehead atoms. The first kappa shape index (κ1) is 21.3. The highest BCUT2D eigenvalue weighted by molar-refractivity contribution is 7.93. The molecule has 2 aromatic rings. The van der Waals surface area contributed by atoms with E-state index >= 15 is 0 Å². The van der Waals surface area contributed by atoms with E-state index in [0.717, 1.165) is 16.9 Å². The third-order valence-corrected chi connectivity index (χ3v) is 7.12. The van der Waals surface area contributed by atoms with Crippen LogP contribution in [0.25, 0.3) is 0 Å². The van der Waals surface area contributed by atoms with Gasteiger partial charge in [-0.1, -0.05) is 12.1 Å². The number of methoxy groups -OCH3 is 1. The molecule has 8 nitrogen and oxygen atoms in total. The molecule has 1 aromatic heterocycles. The Morgan fingerprint density at radius 2 is 1.86 bits per heavy atom. The first-order valence-corrected chi connectivity index (χ1v) is 11.4. The predicted molar refractivity (Wildman–Crippen MR) is 108 cm³/mol. The Labute approximate surface area is 173 Å². The van der Waals surface area contributed by atoms with Crippen LogP contribution in [-0.2, 0) is 26.0 Å². The number of thiophene rings is 1. The van der Waals surface area contributed by atoms with Gasteiger partial charge in [0.05, 0.1) is 19.6 Å². The average Bonchev–Trinajstić information content (AvgIpc) is 3.20. The number of sulfonamides is 1. The van der Waals surface area contributed by atoms with E-state index in [2.05, 4.69) is 9.46 Å². The molecule has 2 heterocycles. The number of esters is 1. The highest BCUT2D eigenvalue weighted by Crippen LogP contribution is 2.25. The Kier molecular flexibility index (Phi) is 6.56. The summed E-state index contributed by atoms with van der Waals surface area (Å²) in [6.07, 6.45) is 1.04. The first-order chi connectivity index (χ1) is 13.8. The molecule has 0 radical (unpaired) electrons. The number of aliphatic hydroxyl groups is 1. The Balaban J connectivity index is 1.65. The number of anilines is 1. The van der Waals surface area contributed by atoms with Crippen molar-refractivity contribution in [2.24, 2.45) is 0 Å². The number of carbonyl (C=O) groups is 2. The molecule has 0 spiro atoms. The van der Waals surface area contributed by atoms with Crippen molar-refractivity contribution in [3.05, 3.63) is 46.2 Å². The third kappa shape index (κ3) is 5.14. The molecule has 1 amide bonds. The fourth-order valence-electron chi connectivity index (χ4n) is 3.05. The molecule has 0 saturated carbocycles. The molecule has 3 rings (SSSR count). The van der Waals surface area contributed by atoms with Gasteiger partial charge in [-0.3, -0.25) is 9.52 Å². The van der Waals surface area contributed by atoms with Gasteiger partial charge < -0.3 is 14.7 Å². The van der Waals surface area contributed by atoms with Gasteiger partial charge in [-0.2, -0.15) is 0 Å². The van der Waals surface area contributed by atoms with Crippen LogP contribution in [-0.4, -0.2) is 56.6 Å². The number of hydrogen-bond donors (Lipinski definition) is 2. The van der Waals surface area contributed by atoms with E-state index in [1.807, 2.05) is 0 Å². The van der Waals surface area contributed by atoms with E-state index < -0.39 is 16.0 Å². The summed E-state index contributed by atoms with van der Waals surface area (Å²) in [7, 11) is -2.76. The second-order valence-corrected chi connectivity index (χ2v) is 9.26. The average molecular weight is 439 g/mol. The number of aliphatic hydroxyl groups excluding tert-OH is 1. The van der Waals surface area contributed by atoms with Crippen molar-refractivity contribution in [1.29, 1.82) is 0 Å². The first-order valence-electron chi connectivity index (χ1n) is 9.03. The van der Waals surface area contributed by atoms with Gasteiger partial charge in [-0.25, -0.2) is 13.2 Å². The van der Waals surface area contributed by atoms with Gasteiger partial charge in [0.2, 0.25) is 5.91 Å². The molecular formula is C19H22N2O6S2. The van der Waals surface area contributed by atoms with Crippen LogP contribution in [0.15, 0.2) is 40.6 Å². The number of rotatable bonds is 6. The molecule has 0 unspecified atom stereocenters. The molecule has 1 aliphatic rings. The number of amides is 1. The second-order valence-electron chi connectivity index (χ2n) is 6.70. The largest absolute Gasteiger partial charge is 0.465 e. The van der Waals surface area contributed by atoms with E-state index in [0.29, 0.717) is 31.6 Å². The van der Waals surface area contributed by atoms with Crippen molar-refractivity contribution < 1.29 is 27.9 Å². The molecule has 29 heavy (non-hydrogen) atoms. The maximum atomic E-state index is 12.6. The van der Waals surface area contributed by atoms with Crippen LogP contribution in [0.2, 0.25) is 0 Å². The Hall–Kier alpha value is -2.43. The maximum Gasteiger partial charge on any atom is 0.349 e. The summed E-state index contributed by atoms with van der Waals surface area (Å²) in [4.78, 5) is 25.7. The summed E-state index contributed by atoms with van der Waals surface area (Å²) in [6, 6.07) is 7.86. The van der Waals surface area contributed by atoms with Gasteiger partial charge in [0.15, 0.2) is 0 Å². The number of likely N-dealkylation sites (tertiary alicyclic amines) is 1. The zero-order valence-corrected chi connectivity index (χ0v) is 17.5. The van der Waals surface area contributed by atoms with Crippen LogP contribution < -0.4 is 4.72 Å². The van der Waals surface area contributed by atoms with Crippen molar-refractivity contribution in [2.45, 2.75) is 30.3 Å². The lowest BCUT2D eigenvalue weighted by Gasteiger charge is -2.29. The second kappa shape index (κ2) is 8.93. The van der Waals surface area contributed by atoms with Crippen LogP contribution >= 0.6 is 11.3 Å². The summed E-state index contributed by atoms with van der Waals surface area (Å²) in [5.74, 6) is -0.731. The highest BCUT2D eigenvalue weighted by atomic mass is 32.2. The lowest BCUT2D eigenvalue weighted by Crippen LogP contribution is -2.40. The zero-order chi connectivity index (χ0) is 21.0. The monoisotopic (exact) mass is 438 g/mol. The molecule has 1 fully saturated rings. The standard InChI is InChI=1S/C19H22N2O6S2/c1-27-19(24)18-16(8-11-28-18)29(25,26)20-14-4-2-13(3-5-14)12-17(23)21-9-6-15(22)7-10-21/h2-5,8,11,15,20,22H,6-7,9-10,12H2,1H3. The molecule has 0 aliphatic carbocycles. The van der Waals surface area contributed by atoms with Crippen molar-refractivity contribution in [3.63, 3.8) is 0 Å². The fraction of sp³-hybridized carbons (Fsp3) is 0.368. The number of ether oxygens (including phenoxy) is 1. The lowest BCUT2D eigenvalue weighted by atomic mass is 10.1. The summed E-state index contributed by atoms with van der Waals surface area (Å²) >= 11 is 0.991. The van der Waals surface area contributed by atoms with Gasteiger partial charge in [0.25, 0.3) is 10.0 Å². The smallest absolute Gasteiger partial charge is 0.349 e. The zero-order valence-electron chi connectivity index (χ0n) is 15.8. The number of carbonyl (C=O) groups excluding carboxylic acids is 2.